The van der Waals surface area contributed by atoms with E-state index in [9.17, 15) is 19.2 Å². The van der Waals surface area contributed by atoms with E-state index in [2.05, 4.69) is 5.32 Å². The third-order valence-corrected chi connectivity index (χ3v) is 6.34. The Balaban J connectivity index is 0.000000166. The SMILES string of the molecule is O=C1C2CC=CCC2C(=O)N1SC(Cl)(Cl)Cl.O=C1NC(=O)C2CCC=CC12. The Kier molecular flexibility index (Phi) is 6.25. The highest BCUT2D eigenvalue weighted by atomic mass is 35.6. The first-order valence-electron chi connectivity index (χ1n) is 8.49. The lowest BCUT2D eigenvalue weighted by Crippen LogP contribution is -2.26. The van der Waals surface area contributed by atoms with E-state index >= 15 is 0 Å². The molecule has 146 valence electrons. The van der Waals surface area contributed by atoms with Gasteiger partial charge in [0.15, 0.2) is 0 Å². The van der Waals surface area contributed by atoms with Gasteiger partial charge in [0, 0.05) is 11.9 Å². The van der Waals surface area contributed by atoms with Gasteiger partial charge in [-0.1, -0.05) is 59.1 Å². The quantitative estimate of drug-likeness (QED) is 0.287. The summed E-state index contributed by atoms with van der Waals surface area (Å²) in [7, 11) is 0. The maximum absolute atomic E-state index is 11.9. The fraction of sp³-hybridized carbons (Fsp3) is 0.529. The van der Waals surface area contributed by atoms with Crippen LogP contribution in [0.1, 0.15) is 25.7 Å². The number of imide groups is 2. The lowest BCUT2D eigenvalue weighted by Gasteiger charge is -2.17. The average molecular weight is 452 g/mol. The first kappa shape index (κ1) is 20.7. The molecule has 2 saturated heterocycles. The van der Waals surface area contributed by atoms with E-state index < -0.39 is 3.12 Å². The molecule has 2 fully saturated rings. The molecule has 4 atom stereocenters. The second kappa shape index (κ2) is 8.15. The molecule has 0 spiro atoms. The zero-order chi connectivity index (χ0) is 19.8. The molecule has 0 aromatic rings. The van der Waals surface area contributed by atoms with Crippen molar-refractivity contribution in [1.29, 1.82) is 0 Å². The number of halogens is 3. The van der Waals surface area contributed by atoms with Gasteiger partial charge in [0.1, 0.15) is 0 Å². The topological polar surface area (TPSA) is 83.6 Å². The molecule has 2 heterocycles. The summed E-state index contributed by atoms with van der Waals surface area (Å²) in [5.41, 5.74) is 0. The second-order valence-corrected chi connectivity index (χ2v) is 10.8. The molecule has 0 radical (unpaired) electrons. The lowest BCUT2D eigenvalue weighted by molar-refractivity contribution is -0.133. The molecule has 4 amide bonds. The molecule has 0 aromatic heterocycles. The number of nitrogens with one attached hydrogen (secondary N) is 1. The van der Waals surface area contributed by atoms with Crippen molar-refractivity contribution in [2.75, 3.05) is 0 Å². The van der Waals surface area contributed by atoms with Crippen LogP contribution in [-0.4, -0.2) is 31.1 Å². The molecule has 2 aliphatic carbocycles. The van der Waals surface area contributed by atoms with Gasteiger partial charge in [-0.15, -0.1) is 0 Å². The van der Waals surface area contributed by atoms with Gasteiger partial charge in [-0.05, 0) is 25.7 Å². The van der Waals surface area contributed by atoms with Gasteiger partial charge >= 0.3 is 0 Å². The normalized spacial score (nSPS) is 32.0. The second-order valence-electron chi connectivity index (χ2n) is 6.65. The van der Waals surface area contributed by atoms with E-state index in [0.717, 1.165) is 17.1 Å². The van der Waals surface area contributed by atoms with Crippen LogP contribution in [0.3, 0.4) is 0 Å². The predicted octanol–water partition coefficient (Wildman–Crippen LogP) is 3.14. The van der Waals surface area contributed by atoms with E-state index in [1.54, 1.807) is 0 Å². The summed E-state index contributed by atoms with van der Waals surface area (Å²) in [5, 5.41) is 2.33. The molecule has 4 unspecified atom stereocenters. The van der Waals surface area contributed by atoms with Crippen molar-refractivity contribution in [2.24, 2.45) is 23.7 Å². The number of carbonyl (C=O) groups is 4. The molecule has 27 heavy (non-hydrogen) atoms. The van der Waals surface area contributed by atoms with Crippen LogP contribution in [0, 0.1) is 23.7 Å². The van der Waals surface area contributed by atoms with Gasteiger partial charge in [-0.2, -0.15) is 0 Å². The third kappa shape index (κ3) is 4.53. The van der Waals surface area contributed by atoms with Crippen molar-refractivity contribution in [1.82, 2.24) is 9.62 Å². The maximum Gasteiger partial charge on any atom is 0.256 e. The van der Waals surface area contributed by atoms with Crippen molar-refractivity contribution < 1.29 is 19.2 Å². The van der Waals surface area contributed by atoms with E-state index in [1.165, 1.54) is 0 Å². The number of carbonyl (C=O) groups excluding carboxylic acids is 4. The first-order valence-corrected chi connectivity index (χ1v) is 10.4. The molecule has 0 aromatic carbocycles. The van der Waals surface area contributed by atoms with Gasteiger partial charge < -0.3 is 0 Å². The van der Waals surface area contributed by atoms with Crippen molar-refractivity contribution in [3.05, 3.63) is 24.3 Å². The first-order chi connectivity index (χ1) is 12.7. The molecular weight excluding hydrogens is 435 g/mol. The highest BCUT2D eigenvalue weighted by molar-refractivity contribution is 8.03. The van der Waals surface area contributed by atoms with E-state index in [0.29, 0.717) is 24.8 Å². The van der Waals surface area contributed by atoms with Crippen LogP contribution >= 0.6 is 46.8 Å². The molecule has 6 nitrogen and oxygen atoms in total. The van der Waals surface area contributed by atoms with Crippen LogP contribution in [-0.2, 0) is 19.2 Å². The van der Waals surface area contributed by atoms with E-state index in [1.807, 2.05) is 24.3 Å². The molecule has 4 aliphatic rings. The summed E-state index contributed by atoms with van der Waals surface area (Å²) in [6.45, 7) is 0. The Hall–Kier alpha value is -1.02. The van der Waals surface area contributed by atoms with Crippen LogP contribution < -0.4 is 5.32 Å². The smallest absolute Gasteiger partial charge is 0.256 e. The minimum Gasteiger partial charge on any atom is -0.296 e. The van der Waals surface area contributed by atoms with E-state index in [-0.39, 0.29) is 47.3 Å². The number of hydrogen-bond acceptors (Lipinski definition) is 5. The fourth-order valence-corrected chi connectivity index (χ4v) is 4.94. The molecule has 10 heteroatoms. The number of amides is 4. The van der Waals surface area contributed by atoms with Crippen LogP contribution in [0.2, 0.25) is 0 Å². The summed E-state index contributed by atoms with van der Waals surface area (Å²) >= 11 is 17.4. The minimum atomic E-state index is -1.69. The van der Waals surface area contributed by atoms with Gasteiger partial charge in [0.2, 0.25) is 23.6 Å². The molecular formula is C17H17Cl3N2O4S. The van der Waals surface area contributed by atoms with Crippen LogP contribution in [0.4, 0.5) is 0 Å². The lowest BCUT2D eigenvalue weighted by atomic mass is 9.85. The Morgan fingerprint density at radius 1 is 0.926 bits per heavy atom. The number of rotatable bonds is 1. The Morgan fingerprint density at radius 2 is 1.52 bits per heavy atom. The third-order valence-electron chi connectivity index (χ3n) is 4.97. The van der Waals surface area contributed by atoms with Gasteiger partial charge in [0.25, 0.3) is 3.12 Å². The van der Waals surface area contributed by atoms with Crippen LogP contribution in [0.25, 0.3) is 0 Å². The number of allylic oxidation sites excluding steroid dienone is 3. The predicted molar refractivity (Wildman–Crippen MR) is 104 cm³/mol. The maximum atomic E-state index is 11.9. The molecule has 1 N–H and O–H groups in total. The number of alkyl halides is 3. The highest BCUT2D eigenvalue weighted by Crippen LogP contribution is 2.46. The molecule has 2 aliphatic heterocycles. The Labute approximate surface area is 175 Å². The zero-order valence-electron chi connectivity index (χ0n) is 14.1. The van der Waals surface area contributed by atoms with Crippen molar-refractivity contribution in [3.63, 3.8) is 0 Å². The number of fused-ring (bicyclic) bond motifs is 2. The summed E-state index contributed by atoms with van der Waals surface area (Å²) in [4.78, 5) is 45.9. The van der Waals surface area contributed by atoms with Gasteiger partial charge in [-0.3, -0.25) is 24.5 Å². The minimum absolute atomic E-state index is 0.0764. The monoisotopic (exact) mass is 450 g/mol. The summed E-state index contributed by atoms with van der Waals surface area (Å²) in [6, 6.07) is 0. The molecule has 0 saturated carbocycles. The zero-order valence-corrected chi connectivity index (χ0v) is 17.2. The average Bonchev–Trinajstić information content (AvgIpc) is 3.04. The largest absolute Gasteiger partial charge is 0.296 e. The number of nitrogens with zero attached hydrogens (tertiary/aromatic N) is 1. The van der Waals surface area contributed by atoms with E-state index in [4.69, 9.17) is 34.8 Å². The Bertz CT molecular complexity index is 708. The number of hydrogen-bond donors (Lipinski definition) is 1. The standard InChI is InChI=1S/C9H8Cl3NO2S.C8H9NO2/c10-9(11,12)16-13-7(14)5-3-1-2-4-6(5)8(13)15;10-7-5-3-1-2-4-6(5)8(11)9-7/h1-2,5-6H,3-4H2;1,3,5-6H,2,4H2,(H,9,10,11). The van der Waals surface area contributed by atoms with Gasteiger partial charge in [0.05, 0.1) is 23.7 Å². The summed E-state index contributed by atoms with van der Waals surface area (Å²) in [6.07, 6.45) is 10.6. The van der Waals surface area contributed by atoms with Crippen LogP contribution in [0.15, 0.2) is 24.3 Å². The van der Waals surface area contributed by atoms with Crippen molar-refractivity contribution >= 4 is 70.4 Å². The summed E-state index contributed by atoms with van der Waals surface area (Å²) < 4.78 is -0.693. The molecule has 0 bridgehead atoms. The van der Waals surface area contributed by atoms with Crippen LogP contribution in [0.5, 0.6) is 0 Å². The Morgan fingerprint density at radius 3 is 2.04 bits per heavy atom. The van der Waals surface area contributed by atoms with Crippen molar-refractivity contribution in [2.45, 2.75) is 28.8 Å². The van der Waals surface area contributed by atoms with Crippen molar-refractivity contribution in [3.8, 4) is 0 Å². The highest BCUT2D eigenvalue weighted by Gasteiger charge is 2.50. The van der Waals surface area contributed by atoms with Gasteiger partial charge in [-0.25, -0.2) is 4.31 Å². The fourth-order valence-electron chi connectivity index (χ4n) is 3.66. The molecule has 4 rings (SSSR count). The summed E-state index contributed by atoms with van der Waals surface area (Å²) in [5.74, 6) is -1.54.